The quantitative estimate of drug-likeness (QED) is 0.198. The first-order valence-corrected chi connectivity index (χ1v) is 11.6. The van der Waals surface area contributed by atoms with Crippen LogP contribution in [0.4, 0.5) is 0 Å². The van der Waals surface area contributed by atoms with Gasteiger partial charge in [0.2, 0.25) is 0 Å². The molecule has 0 radical (unpaired) electrons. The first-order chi connectivity index (χ1) is 15.0. The van der Waals surface area contributed by atoms with E-state index in [-0.39, 0.29) is 23.3 Å². The Labute approximate surface area is 194 Å². The van der Waals surface area contributed by atoms with Gasteiger partial charge in [-0.05, 0) is 74.1 Å². The Morgan fingerprint density at radius 2 is 1.53 bits per heavy atom. The van der Waals surface area contributed by atoms with Gasteiger partial charge in [0.1, 0.15) is 5.75 Å². The van der Waals surface area contributed by atoms with Crippen LogP contribution in [0, 0.1) is 16.7 Å². The molecule has 1 unspecified atom stereocenters. The second-order valence-corrected chi connectivity index (χ2v) is 10.1. The van der Waals surface area contributed by atoms with Crippen molar-refractivity contribution >= 4 is 18.0 Å². The zero-order chi connectivity index (χ0) is 24.2. The molecule has 0 bridgehead atoms. The monoisotopic (exact) mass is 446 g/mol. The summed E-state index contributed by atoms with van der Waals surface area (Å²) < 4.78 is 16.0. The summed E-state index contributed by atoms with van der Waals surface area (Å²) in [6.45, 7) is 13.9. The lowest BCUT2D eigenvalue weighted by Crippen LogP contribution is -2.38. The van der Waals surface area contributed by atoms with E-state index >= 15 is 0 Å². The number of rotatable bonds is 13. The minimum atomic E-state index is -0.448. The molecule has 0 saturated heterocycles. The van der Waals surface area contributed by atoms with Crippen molar-refractivity contribution in [2.45, 2.75) is 73.6 Å². The van der Waals surface area contributed by atoms with Gasteiger partial charge in [0.25, 0.3) is 0 Å². The van der Waals surface area contributed by atoms with Crippen LogP contribution in [0.1, 0.15) is 79.2 Å². The third-order valence-corrected chi connectivity index (χ3v) is 5.67. The van der Waals surface area contributed by atoms with Crippen molar-refractivity contribution in [1.82, 2.24) is 0 Å². The predicted octanol–water partition coefficient (Wildman–Crippen LogP) is 6.45. The van der Waals surface area contributed by atoms with E-state index in [2.05, 4.69) is 39.4 Å². The lowest BCUT2D eigenvalue weighted by Gasteiger charge is -2.36. The van der Waals surface area contributed by atoms with E-state index in [1.165, 1.54) is 13.2 Å². The summed E-state index contributed by atoms with van der Waals surface area (Å²) in [6, 6.07) is 7.57. The highest BCUT2D eigenvalue weighted by Gasteiger charge is 2.41. The van der Waals surface area contributed by atoms with Gasteiger partial charge in [-0.3, -0.25) is 4.79 Å². The Morgan fingerprint density at radius 3 is 2.06 bits per heavy atom. The van der Waals surface area contributed by atoms with Crippen molar-refractivity contribution in [2.75, 3.05) is 20.3 Å². The van der Waals surface area contributed by atoms with Crippen molar-refractivity contribution in [3.63, 3.8) is 0 Å². The lowest BCUT2D eigenvalue weighted by molar-refractivity contribution is -0.160. The molecule has 5 heteroatoms. The third-order valence-electron chi connectivity index (χ3n) is 5.67. The fourth-order valence-electron chi connectivity index (χ4n) is 3.60. The van der Waals surface area contributed by atoms with Crippen LogP contribution in [0.15, 0.2) is 30.3 Å². The van der Waals surface area contributed by atoms with E-state index in [0.29, 0.717) is 13.2 Å². The maximum atomic E-state index is 12.7. The Morgan fingerprint density at radius 1 is 0.938 bits per heavy atom. The molecule has 5 nitrogen and oxygen atoms in total. The number of unbranched alkanes of at least 4 members (excludes halogenated alkanes) is 3. The molecule has 1 rings (SSSR count). The standard InChI is InChI=1S/C27H42O5/c1-21(2)27(6,20-26(3,4)5)25(29)32-19-11-9-8-10-18-31-23-15-12-22(13-16-23)14-17-24(28)30-7/h12-17,21H,8-11,18-20H2,1-7H3/b17-14+. The van der Waals surface area contributed by atoms with Crippen LogP contribution in [0.2, 0.25) is 0 Å². The van der Waals surface area contributed by atoms with E-state index in [9.17, 15) is 9.59 Å². The van der Waals surface area contributed by atoms with Crippen molar-refractivity contribution in [3.8, 4) is 5.75 Å². The number of hydrogen-bond donors (Lipinski definition) is 0. The molecule has 0 fully saturated rings. The van der Waals surface area contributed by atoms with E-state index in [0.717, 1.165) is 43.4 Å². The van der Waals surface area contributed by atoms with Gasteiger partial charge < -0.3 is 14.2 Å². The summed E-state index contributed by atoms with van der Waals surface area (Å²) in [7, 11) is 1.35. The van der Waals surface area contributed by atoms with Gasteiger partial charge in [-0.1, -0.05) is 46.8 Å². The Bertz CT molecular complexity index is 727. The average molecular weight is 447 g/mol. The minimum Gasteiger partial charge on any atom is -0.494 e. The summed E-state index contributed by atoms with van der Waals surface area (Å²) >= 11 is 0. The number of benzene rings is 1. The molecule has 0 heterocycles. The summed E-state index contributed by atoms with van der Waals surface area (Å²) in [5, 5.41) is 0. The fourth-order valence-corrected chi connectivity index (χ4v) is 3.60. The number of esters is 2. The molecule has 0 aliphatic carbocycles. The predicted molar refractivity (Wildman–Crippen MR) is 129 cm³/mol. The molecule has 180 valence electrons. The van der Waals surface area contributed by atoms with E-state index in [4.69, 9.17) is 9.47 Å². The van der Waals surface area contributed by atoms with Gasteiger partial charge in [0.15, 0.2) is 0 Å². The molecule has 0 aliphatic rings. The first-order valence-electron chi connectivity index (χ1n) is 11.6. The van der Waals surface area contributed by atoms with E-state index in [1.54, 1.807) is 6.08 Å². The van der Waals surface area contributed by atoms with Crippen LogP contribution in [-0.4, -0.2) is 32.3 Å². The van der Waals surface area contributed by atoms with Crippen molar-refractivity contribution in [2.24, 2.45) is 16.7 Å². The number of hydrogen-bond acceptors (Lipinski definition) is 5. The van der Waals surface area contributed by atoms with Crippen molar-refractivity contribution < 1.29 is 23.8 Å². The SMILES string of the molecule is COC(=O)/C=C/c1ccc(OCCCCCCOC(=O)C(C)(CC(C)(C)C)C(C)C)cc1. The normalized spacial score (nSPS) is 13.8. The van der Waals surface area contributed by atoms with Crippen LogP contribution in [0.5, 0.6) is 5.75 Å². The third kappa shape index (κ3) is 10.3. The molecule has 0 amide bonds. The van der Waals surface area contributed by atoms with Crippen molar-refractivity contribution in [1.29, 1.82) is 0 Å². The molecule has 1 aromatic carbocycles. The number of carbonyl (C=O) groups is 2. The van der Waals surface area contributed by atoms with Gasteiger partial charge in [-0.15, -0.1) is 0 Å². The van der Waals surface area contributed by atoms with Crippen LogP contribution in [0.25, 0.3) is 6.08 Å². The highest BCUT2D eigenvalue weighted by Crippen LogP contribution is 2.40. The highest BCUT2D eigenvalue weighted by atomic mass is 16.5. The largest absolute Gasteiger partial charge is 0.494 e. The summed E-state index contributed by atoms with van der Waals surface area (Å²) in [5.74, 6) is 0.597. The molecule has 1 aromatic rings. The molecule has 0 spiro atoms. The zero-order valence-corrected chi connectivity index (χ0v) is 21.0. The van der Waals surface area contributed by atoms with Crippen LogP contribution >= 0.6 is 0 Å². The Balaban J connectivity index is 2.24. The van der Waals surface area contributed by atoms with Gasteiger partial charge in [-0.2, -0.15) is 0 Å². The van der Waals surface area contributed by atoms with Gasteiger partial charge in [0.05, 0.1) is 25.7 Å². The maximum absolute atomic E-state index is 12.7. The van der Waals surface area contributed by atoms with Crippen LogP contribution in [-0.2, 0) is 19.1 Å². The number of carbonyl (C=O) groups excluding carboxylic acids is 2. The molecule has 0 aromatic heterocycles. The Hall–Kier alpha value is -2.30. The van der Waals surface area contributed by atoms with Crippen LogP contribution < -0.4 is 4.74 Å². The molecular formula is C27H42O5. The fraction of sp³-hybridized carbons (Fsp3) is 0.630. The molecule has 32 heavy (non-hydrogen) atoms. The van der Waals surface area contributed by atoms with Gasteiger partial charge >= 0.3 is 11.9 Å². The molecule has 0 saturated carbocycles. The minimum absolute atomic E-state index is 0.0735. The highest BCUT2D eigenvalue weighted by molar-refractivity contribution is 5.86. The lowest BCUT2D eigenvalue weighted by atomic mass is 9.69. The molecule has 0 N–H and O–H groups in total. The number of ether oxygens (including phenoxy) is 3. The second kappa shape index (κ2) is 13.3. The van der Waals surface area contributed by atoms with E-state index < -0.39 is 5.41 Å². The zero-order valence-electron chi connectivity index (χ0n) is 21.0. The summed E-state index contributed by atoms with van der Waals surface area (Å²) in [5.41, 5.74) is 0.544. The smallest absolute Gasteiger partial charge is 0.330 e. The maximum Gasteiger partial charge on any atom is 0.330 e. The average Bonchev–Trinajstić information content (AvgIpc) is 2.73. The van der Waals surface area contributed by atoms with Crippen molar-refractivity contribution in [3.05, 3.63) is 35.9 Å². The van der Waals surface area contributed by atoms with E-state index in [1.807, 2.05) is 31.2 Å². The van der Waals surface area contributed by atoms with Crippen LogP contribution in [0.3, 0.4) is 0 Å². The molecule has 1 atom stereocenters. The summed E-state index contributed by atoms with van der Waals surface area (Å²) in [4.78, 5) is 23.8. The second-order valence-electron chi connectivity index (χ2n) is 10.1. The van der Waals surface area contributed by atoms with Gasteiger partial charge in [0, 0.05) is 6.08 Å². The molecule has 0 aliphatic heterocycles. The number of methoxy groups -OCH3 is 1. The molecular weight excluding hydrogens is 404 g/mol. The Kier molecular flexibility index (Phi) is 11.5. The van der Waals surface area contributed by atoms with Gasteiger partial charge in [-0.25, -0.2) is 4.79 Å². The first kappa shape index (κ1) is 27.7. The topological polar surface area (TPSA) is 61.8 Å². The summed E-state index contributed by atoms with van der Waals surface area (Å²) in [6.07, 6.45) is 7.77.